The summed E-state index contributed by atoms with van der Waals surface area (Å²) >= 11 is 6.39. The van der Waals surface area contributed by atoms with Crippen LogP contribution >= 0.6 is 11.6 Å². The van der Waals surface area contributed by atoms with E-state index >= 15 is 0 Å². The average molecular weight is 490 g/mol. The molecule has 2 amide bonds. The lowest BCUT2D eigenvalue weighted by atomic mass is 10.1. The molecule has 2 N–H and O–H groups in total. The van der Waals surface area contributed by atoms with Crippen LogP contribution < -0.4 is 20.1 Å². The molecule has 0 aromatic heterocycles. The van der Waals surface area contributed by atoms with Gasteiger partial charge in [-0.3, -0.25) is 9.59 Å². The van der Waals surface area contributed by atoms with E-state index in [0.29, 0.717) is 16.9 Å². The van der Waals surface area contributed by atoms with E-state index in [1.165, 1.54) is 19.3 Å². The number of nitrogens with zero attached hydrogens (tertiary/aromatic N) is 1. The maximum Gasteiger partial charge on any atom is 0.266 e. The largest absolute Gasteiger partial charge is 0.493 e. The molecule has 0 aliphatic carbocycles. The Morgan fingerprint density at radius 1 is 1.00 bits per heavy atom. The van der Waals surface area contributed by atoms with E-state index in [4.69, 9.17) is 21.1 Å². The zero-order valence-electron chi connectivity index (χ0n) is 19.5. The Balaban J connectivity index is 1.75. The second-order valence-corrected chi connectivity index (χ2v) is 8.03. The van der Waals surface area contributed by atoms with E-state index in [1.54, 1.807) is 24.3 Å². The van der Waals surface area contributed by atoms with Gasteiger partial charge in [0.2, 0.25) is 0 Å². The van der Waals surface area contributed by atoms with Crippen LogP contribution in [0.25, 0.3) is 6.08 Å². The lowest BCUT2D eigenvalue weighted by Gasteiger charge is -2.14. The molecule has 7 nitrogen and oxygen atoms in total. The molecular formula is C27H24ClN3O4. The summed E-state index contributed by atoms with van der Waals surface area (Å²) in [6.45, 7) is 3.46. The van der Waals surface area contributed by atoms with Crippen molar-refractivity contribution >= 4 is 40.9 Å². The summed E-state index contributed by atoms with van der Waals surface area (Å²) < 4.78 is 11.0. The van der Waals surface area contributed by atoms with Gasteiger partial charge in [-0.25, -0.2) is 0 Å². The summed E-state index contributed by atoms with van der Waals surface area (Å²) in [5, 5.41) is 15.2. The standard InChI is InChI=1S/C27H24ClN3O4/c1-17-8-4-6-10-22(17)30-25(32)16-35-26-21(28)13-19(14-24(26)34-3)12-20(15-29)27(33)31-23-11-7-5-9-18(23)2/h4-14H,16H2,1-3H3,(H,30,32)(H,31,33)/b20-12-. The number of hydrogen-bond acceptors (Lipinski definition) is 5. The highest BCUT2D eigenvalue weighted by Crippen LogP contribution is 2.37. The highest BCUT2D eigenvalue weighted by molar-refractivity contribution is 6.32. The van der Waals surface area contributed by atoms with Crippen LogP contribution in [0.1, 0.15) is 16.7 Å². The number of nitrogens with one attached hydrogen (secondary N) is 2. The minimum Gasteiger partial charge on any atom is -0.493 e. The van der Waals surface area contributed by atoms with E-state index in [1.807, 2.05) is 50.2 Å². The third-order valence-electron chi connectivity index (χ3n) is 5.09. The molecule has 8 heteroatoms. The van der Waals surface area contributed by atoms with Crippen molar-refractivity contribution in [3.05, 3.63) is 87.9 Å². The van der Waals surface area contributed by atoms with Crippen LogP contribution in [0, 0.1) is 25.2 Å². The minimum atomic E-state index is -0.551. The monoisotopic (exact) mass is 489 g/mol. The van der Waals surface area contributed by atoms with Crippen molar-refractivity contribution in [2.75, 3.05) is 24.4 Å². The summed E-state index contributed by atoms with van der Waals surface area (Å²) in [5.41, 5.74) is 3.44. The molecule has 3 rings (SSSR count). The first kappa shape index (κ1) is 25.3. The van der Waals surface area contributed by atoms with Gasteiger partial charge in [-0.05, 0) is 60.9 Å². The number of aryl methyl sites for hydroxylation is 2. The highest BCUT2D eigenvalue weighted by atomic mass is 35.5. The van der Waals surface area contributed by atoms with Gasteiger partial charge in [0.25, 0.3) is 11.8 Å². The number of benzene rings is 3. The Kier molecular flexibility index (Phi) is 8.49. The second kappa shape index (κ2) is 11.7. The minimum absolute atomic E-state index is 0.113. The molecule has 3 aromatic rings. The number of hydrogen-bond donors (Lipinski definition) is 2. The molecule has 178 valence electrons. The average Bonchev–Trinajstić information content (AvgIpc) is 2.84. The van der Waals surface area contributed by atoms with Crippen LogP contribution in [0.5, 0.6) is 11.5 Å². The van der Waals surface area contributed by atoms with Crippen molar-refractivity contribution in [1.29, 1.82) is 5.26 Å². The molecule has 0 spiro atoms. The molecule has 0 saturated carbocycles. The van der Waals surface area contributed by atoms with Crippen molar-refractivity contribution in [1.82, 2.24) is 0 Å². The first-order valence-electron chi connectivity index (χ1n) is 10.7. The zero-order valence-corrected chi connectivity index (χ0v) is 20.3. The Bertz CT molecular complexity index is 1330. The number of anilines is 2. The summed E-state index contributed by atoms with van der Waals surface area (Å²) in [6, 6.07) is 19.7. The summed E-state index contributed by atoms with van der Waals surface area (Å²) in [5.74, 6) is -0.482. The normalized spacial score (nSPS) is 10.8. The third-order valence-corrected chi connectivity index (χ3v) is 5.37. The van der Waals surface area contributed by atoms with Crippen LogP contribution in [-0.4, -0.2) is 25.5 Å². The van der Waals surface area contributed by atoms with Crippen molar-refractivity contribution in [2.24, 2.45) is 0 Å². The van der Waals surface area contributed by atoms with Crippen molar-refractivity contribution in [3.8, 4) is 17.6 Å². The fourth-order valence-electron chi connectivity index (χ4n) is 3.22. The van der Waals surface area contributed by atoms with Gasteiger partial charge in [0.1, 0.15) is 11.6 Å². The zero-order chi connectivity index (χ0) is 25.4. The van der Waals surface area contributed by atoms with Crippen LogP contribution in [0.2, 0.25) is 5.02 Å². The maximum absolute atomic E-state index is 12.6. The molecule has 0 radical (unpaired) electrons. The van der Waals surface area contributed by atoms with Crippen LogP contribution in [0.15, 0.2) is 66.2 Å². The molecule has 0 fully saturated rings. The molecule has 35 heavy (non-hydrogen) atoms. The fourth-order valence-corrected chi connectivity index (χ4v) is 3.49. The van der Waals surface area contributed by atoms with Crippen molar-refractivity contribution in [3.63, 3.8) is 0 Å². The van der Waals surface area contributed by atoms with Gasteiger partial charge < -0.3 is 20.1 Å². The topological polar surface area (TPSA) is 100 Å². The number of methoxy groups -OCH3 is 1. The van der Waals surface area contributed by atoms with E-state index in [9.17, 15) is 14.9 Å². The highest BCUT2D eigenvalue weighted by Gasteiger charge is 2.16. The van der Waals surface area contributed by atoms with Gasteiger partial charge in [0.15, 0.2) is 18.1 Å². The van der Waals surface area contributed by atoms with Gasteiger partial charge in [0.05, 0.1) is 12.1 Å². The Morgan fingerprint density at radius 3 is 2.17 bits per heavy atom. The number of rotatable bonds is 8. The fraction of sp³-hybridized carbons (Fsp3) is 0.148. The molecule has 0 aliphatic heterocycles. The van der Waals surface area contributed by atoms with Gasteiger partial charge in [-0.1, -0.05) is 48.0 Å². The third kappa shape index (κ3) is 6.62. The predicted molar refractivity (Wildman–Crippen MR) is 137 cm³/mol. The molecule has 3 aromatic carbocycles. The predicted octanol–water partition coefficient (Wildman–Crippen LogP) is 5.53. The number of nitriles is 1. The van der Waals surface area contributed by atoms with E-state index in [2.05, 4.69) is 10.6 Å². The van der Waals surface area contributed by atoms with Crippen LogP contribution in [-0.2, 0) is 9.59 Å². The van der Waals surface area contributed by atoms with E-state index in [-0.39, 0.29) is 34.6 Å². The molecule has 0 unspecified atom stereocenters. The Morgan fingerprint density at radius 2 is 1.60 bits per heavy atom. The number of amides is 2. The van der Waals surface area contributed by atoms with Gasteiger partial charge in [-0.15, -0.1) is 0 Å². The quantitative estimate of drug-likeness (QED) is 0.320. The van der Waals surface area contributed by atoms with Gasteiger partial charge >= 0.3 is 0 Å². The maximum atomic E-state index is 12.6. The van der Waals surface area contributed by atoms with Crippen LogP contribution in [0.3, 0.4) is 0 Å². The van der Waals surface area contributed by atoms with Crippen molar-refractivity contribution in [2.45, 2.75) is 13.8 Å². The van der Waals surface area contributed by atoms with Gasteiger partial charge in [-0.2, -0.15) is 5.26 Å². The summed E-state index contributed by atoms with van der Waals surface area (Å²) in [6.07, 6.45) is 1.40. The molecule has 0 atom stereocenters. The molecule has 0 aliphatic rings. The number of para-hydroxylation sites is 2. The first-order valence-corrected chi connectivity index (χ1v) is 11.0. The number of carbonyl (C=O) groups excluding carboxylic acids is 2. The number of halogens is 1. The molecule has 0 saturated heterocycles. The summed E-state index contributed by atoms with van der Waals surface area (Å²) in [4.78, 5) is 25.0. The van der Waals surface area contributed by atoms with E-state index in [0.717, 1.165) is 11.1 Å². The summed E-state index contributed by atoms with van der Waals surface area (Å²) in [7, 11) is 1.43. The first-order chi connectivity index (χ1) is 16.8. The number of carbonyl (C=O) groups is 2. The van der Waals surface area contributed by atoms with E-state index < -0.39 is 5.91 Å². The number of ether oxygens (including phenoxy) is 2. The molecular weight excluding hydrogens is 466 g/mol. The SMILES string of the molecule is COc1cc(/C=C(/C#N)C(=O)Nc2ccccc2C)cc(Cl)c1OCC(=O)Nc1ccccc1C. The molecule has 0 heterocycles. The Labute approximate surface area is 208 Å². The van der Waals surface area contributed by atoms with Crippen molar-refractivity contribution < 1.29 is 19.1 Å². The smallest absolute Gasteiger partial charge is 0.266 e. The van der Waals surface area contributed by atoms with Crippen LogP contribution in [0.4, 0.5) is 11.4 Å². The second-order valence-electron chi connectivity index (χ2n) is 7.62. The molecule has 0 bridgehead atoms. The lowest BCUT2D eigenvalue weighted by Crippen LogP contribution is -2.21. The Hall–Kier alpha value is -4.28. The van der Waals surface area contributed by atoms with Gasteiger partial charge in [0, 0.05) is 11.4 Å². The lowest BCUT2D eigenvalue weighted by molar-refractivity contribution is -0.118.